The average Bonchev–Trinajstić information content (AvgIpc) is 3.32. The highest BCUT2D eigenvalue weighted by Gasteiger charge is 2.67. The minimum Gasteiger partial charge on any atom is -0.497 e. The van der Waals surface area contributed by atoms with Gasteiger partial charge in [0.25, 0.3) is 0 Å². The fraction of sp³-hybridized carbons (Fsp3) is 0.316. The van der Waals surface area contributed by atoms with E-state index < -0.39 is 24.0 Å². The third-order valence-corrected chi connectivity index (χ3v) is 5.99. The van der Waals surface area contributed by atoms with Gasteiger partial charge in [-0.15, -0.1) is 23.2 Å². The Morgan fingerprint density at radius 1 is 0.968 bits per heavy atom. The fourth-order valence-electron chi connectivity index (χ4n) is 3.28. The summed E-state index contributed by atoms with van der Waals surface area (Å²) in [5.41, 5.74) is 0.741. The van der Waals surface area contributed by atoms with E-state index in [0.29, 0.717) is 17.1 Å². The van der Waals surface area contributed by atoms with Crippen LogP contribution < -0.4 is 19.1 Å². The minimum atomic E-state index is -4.90. The molecule has 1 aliphatic rings. The van der Waals surface area contributed by atoms with Crippen LogP contribution >= 0.6 is 31.0 Å². The van der Waals surface area contributed by atoms with Crippen LogP contribution in [0.4, 0.5) is 0 Å². The van der Waals surface area contributed by atoms with E-state index >= 15 is 0 Å². The van der Waals surface area contributed by atoms with Gasteiger partial charge in [0.05, 0.1) is 32.8 Å². The number of hydrogen-bond acceptors (Lipinski definition) is 7. The first-order valence-corrected chi connectivity index (χ1v) is 11.1. The van der Waals surface area contributed by atoms with Gasteiger partial charge in [-0.2, -0.15) is 0 Å². The summed E-state index contributed by atoms with van der Waals surface area (Å²) in [7, 11) is -0.656. The Morgan fingerprint density at radius 3 is 2.19 bits per heavy atom. The van der Waals surface area contributed by atoms with Crippen LogP contribution in [0.2, 0.25) is 0 Å². The molecule has 1 aliphatic carbocycles. The van der Waals surface area contributed by atoms with Crippen molar-refractivity contribution in [3.05, 3.63) is 47.5 Å². The number of ketones is 1. The van der Waals surface area contributed by atoms with Crippen LogP contribution in [-0.2, 0) is 9.24 Å². The smallest absolute Gasteiger partial charge is 0.497 e. The molecular formula is C19H19Cl2O9P. The molecule has 9 nitrogen and oxygen atoms in total. The zero-order chi connectivity index (χ0) is 23.0. The molecule has 0 aromatic heterocycles. The fourth-order valence-corrected chi connectivity index (χ4v) is 4.29. The number of carbonyl (C=O) groups is 1. The molecule has 12 heteroatoms. The van der Waals surface area contributed by atoms with Crippen molar-refractivity contribution in [3.63, 3.8) is 0 Å². The van der Waals surface area contributed by atoms with E-state index in [-0.39, 0.29) is 22.8 Å². The Labute approximate surface area is 187 Å². The summed E-state index contributed by atoms with van der Waals surface area (Å²) in [5, 5.41) is 0. The highest BCUT2D eigenvalue weighted by Crippen LogP contribution is 2.66. The number of Topliss-reactive ketones (excluding diaryl/α,β-unsaturated/α-hetero) is 1. The van der Waals surface area contributed by atoms with E-state index in [9.17, 15) is 9.36 Å². The lowest BCUT2D eigenvalue weighted by Gasteiger charge is -2.11. The van der Waals surface area contributed by atoms with Crippen molar-refractivity contribution in [1.82, 2.24) is 0 Å². The SMILES string of the molecule is COc1ccc(OC)c(C(=O)C2C(c3ccc(OC)c(OOP(=O)(O)O)c3)C2(Cl)Cl)c1. The first-order chi connectivity index (χ1) is 14.5. The number of ether oxygens (including phenoxy) is 3. The van der Waals surface area contributed by atoms with Gasteiger partial charge < -0.3 is 28.9 Å². The number of methoxy groups -OCH3 is 3. The van der Waals surface area contributed by atoms with Crippen molar-refractivity contribution in [2.45, 2.75) is 10.3 Å². The molecule has 2 unspecified atom stereocenters. The maximum atomic E-state index is 13.2. The predicted molar refractivity (Wildman–Crippen MR) is 111 cm³/mol. The average molecular weight is 493 g/mol. The van der Waals surface area contributed by atoms with Crippen molar-refractivity contribution < 1.29 is 42.9 Å². The number of halogens is 2. The zero-order valence-corrected chi connectivity index (χ0v) is 19.0. The molecule has 2 N–H and O–H groups in total. The number of rotatable bonds is 9. The molecule has 0 heterocycles. The molecule has 0 spiro atoms. The summed E-state index contributed by atoms with van der Waals surface area (Å²) in [5.74, 6) is -0.978. The second-order valence-electron chi connectivity index (χ2n) is 6.62. The van der Waals surface area contributed by atoms with Crippen LogP contribution in [0.1, 0.15) is 21.8 Å². The van der Waals surface area contributed by atoms with E-state index in [0.717, 1.165) is 0 Å². The van der Waals surface area contributed by atoms with Crippen LogP contribution in [0.15, 0.2) is 36.4 Å². The molecule has 31 heavy (non-hydrogen) atoms. The van der Waals surface area contributed by atoms with Crippen LogP contribution in [0.25, 0.3) is 0 Å². The van der Waals surface area contributed by atoms with Gasteiger partial charge in [-0.25, -0.2) is 4.57 Å². The lowest BCUT2D eigenvalue weighted by Crippen LogP contribution is -2.09. The molecule has 0 aliphatic heterocycles. The van der Waals surface area contributed by atoms with Crippen molar-refractivity contribution in [1.29, 1.82) is 0 Å². The maximum absolute atomic E-state index is 13.2. The van der Waals surface area contributed by atoms with Gasteiger partial charge in [0.15, 0.2) is 11.5 Å². The van der Waals surface area contributed by atoms with Gasteiger partial charge >= 0.3 is 7.82 Å². The molecule has 168 valence electrons. The first kappa shape index (κ1) is 23.7. The molecule has 2 atom stereocenters. The number of alkyl halides is 2. The summed E-state index contributed by atoms with van der Waals surface area (Å²) in [6.45, 7) is 0. The van der Waals surface area contributed by atoms with Gasteiger partial charge in [0, 0.05) is 5.92 Å². The van der Waals surface area contributed by atoms with Crippen molar-refractivity contribution in [2.24, 2.45) is 5.92 Å². The van der Waals surface area contributed by atoms with Crippen LogP contribution in [0.5, 0.6) is 23.0 Å². The molecule has 0 radical (unpaired) electrons. The van der Waals surface area contributed by atoms with E-state index in [2.05, 4.69) is 4.67 Å². The molecule has 2 aromatic rings. The zero-order valence-electron chi connectivity index (χ0n) is 16.6. The summed E-state index contributed by atoms with van der Waals surface area (Å²) in [6.07, 6.45) is 0. The number of phosphoric acid groups is 1. The Balaban J connectivity index is 1.93. The number of benzene rings is 2. The van der Waals surface area contributed by atoms with Crippen LogP contribution in [-0.4, -0.2) is 41.2 Å². The molecule has 0 amide bonds. The largest absolute Gasteiger partial charge is 0.505 e. The van der Waals surface area contributed by atoms with Gasteiger partial charge in [-0.1, -0.05) is 10.7 Å². The third-order valence-electron chi connectivity index (χ3n) is 4.78. The molecule has 3 rings (SSSR count). The Hall–Kier alpha value is -2.00. The third kappa shape index (κ3) is 4.92. The monoisotopic (exact) mass is 492 g/mol. The Morgan fingerprint density at radius 2 is 1.61 bits per heavy atom. The van der Waals surface area contributed by atoms with E-state index in [1.54, 1.807) is 18.2 Å². The van der Waals surface area contributed by atoms with E-state index in [1.165, 1.54) is 39.5 Å². The lowest BCUT2D eigenvalue weighted by atomic mass is 10.0. The van der Waals surface area contributed by atoms with Crippen LogP contribution in [0.3, 0.4) is 0 Å². The summed E-state index contributed by atoms with van der Waals surface area (Å²) in [6, 6.07) is 9.27. The van der Waals surface area contributed by atoms with E-state index in [4.69, 9.17) is 52.1 Å². The number of carbonyl (C=O) groups excluding carboxylic acids is 1. The second kappa shape index (κ2) is 8.86. The molecule has 2 aromatic carbocycles. The standard InChI is InChI=1S/C19H19Cl2O9P/c1-26-11-5-7-13(27-2)12(9-11)18(22)17-16(19(17,20)21)10-4-6-14(28-3)15(8-10)29-30-31(23,24)25/h4-9,16-17H,1-3H3,(H2,23,24,25). The van der Waals surface area contributed by atoms with Crippen molar-refractivity contribution >= 4 is 36.8 Å². The Bertz CT molecular complexity index is 1040. The normalized spacial score (nSPS) is 19.5. The first-order valence-electron chi connectivity index (χ1n) is 8.77. The summed E-state index contributed by atoms with van der Waals surface area (Å²) < 4.78 is 29.2. The molecule has 1 saturated carbocycles. The van der Waals surface area contributed by atoms with Gasteiger partial charge in [0.1, 0.15) is 15.8 Å². The van der Waals surface area contributed by atoms with Crippen LogP contribution in [0, 0.1) is 5.92 Å². The minimum absolute atomic E-state index is 0.121. The summed E-state index contributed by atoms with van der Waals surface area (Å²) >= 11 is 12.9. The maximum Gasteiger partial charge on any atom is 0.505 e. The van der Waals surface area contributed by atoms with Gasteiger partial charge in [0.2, 0.25) is 5.75 Å². The van der Waals surface area contributed by atoms with Gasteiger partial charge in [-0.3, -0.25) is 4.79 Å². The molecule has 1 fully saturated rings. The van der Waals surface area contributed by atoms with Crippen molar-refractivity contribution in [3.8, 4) is 23.0 Å². The lowest BCUT2D eigenvalue weighted by molar-refractivity contribution is -0.124. The Kier molecular flexibility index (Phi) is 6.76. The quantitative estimate of drug-likeness (QED) is 0.176. The number of hydrogen-bond donors (Lipinski definition) is 2. The van der Waals surface area contributed by atoms with Gasteiger partial charge in [-0.05, 0) is 35.9 Å². The van der Waals surface area contributed by atoms with E-state index in [1.807, 2.05) is 0 Å². The molecular weight excluding hydrogens is 474 g/mol. The second-order valence-corrected chi connectivity index (χ2v) is 9.19. The predicted octanol–water partition coefficient (Wildman–Crippen LogP) is 3.89. The molecule has 0 bridgehead atoms. The van der Waals surface area contributed by atoms with Crippen molar-refractivity contribution in [2.75, 3.05) is 21.3 Å². The summed E-state index contributed by atoms with van der Waals surface area (Å²) in [4.78, 5) is 35.7. The highest BCUT2D eigenvalue weighted by atomic mass is 35.5. The topological polar surface area (TPSA) is 121 Å². The highest BCUT2D eigenvalue weighted by molar-refractivity contribution is 7.46. The molecule has 0 saturated heterocycles.